The van der Waals surface area contributed by atoms with E-state index in [0.29, 0.717) is 18.0 Å². The molecule has 0 heterocycles. The van der Waals surface area contributed by atoms with Crippen LogP contribution in [0.4, 0.5) is 10.1 Å². The first-order valence-electron chi connectivity index (χ1n) is 7.12. The number of rotatable bonds is 6. The van der Waals surface area contributed by atoms with Gasteiger partial charge in [-0.2, -0.15) is 0 Å². The number of ether oxygens (including phenoxy) is 2. The van der Waals surface area contributed by atoms with Gasteiger partial charge in [-0.3, -0.25) is 0 Å². The lowest BCUT2D eigenvalue weighted by Crippen LogP contribution is -2.08. The smallest absolute Gasteiger partial charge is 0.162 e. The van der Waals surface area contributed by atoms with Crippen LogP contribution in [0.2, 0.25) is 5.02 Å². The molecule has 124 valence electrons. The highest BCUT2D eigenvalue weighted by atomic mass is 79.9. The summed E-state index contributed by atoms with van der Waals surface area (Å²) in [5, 5.41) is 3.29. The van der Waals surface area contributed by atoms with Gasteiger partial charge in [0.15, 0.2) is 11.5 Å². The molecule has 0 aliphatic rings. The normalized spacial score (nSPS) is 10.7. The maximum absolute atomic E-state index is 13.2. The zero-order valence-electron chi connectivity index (χ0n) is 13.1. The van der Waals surface area contributed by atoms with Crippen molar-refractivity contribution >= 4 is 33.2 Å². The molecule has 23 heavy (non-hydrogen) atoms. The highest BCUT2D eigenvalue weighted by Crippen LogP contribution is 2.34. The van der Waals surface area contributed by atoms with Crippen LogP contribution in [0, 0.1) is 5.82 Å². The summed E-state index contributed by atoms with van der Waals surface area (Å²) in [4.78, 5) is 0. The Bertz CT molecular complexity index is 695. The molecule has 0 aliphatic heterocycles. The van der Waals surface area contributed by atoms with E-state index in [4.69, 9.17) is 21.1 Å². The molecule has 0 amide bonds. The quantitative estimate of drug-likeness (QED) is 0.677. The molecule has 0 atom stereocenters. The monoisotopic (exact) mass is 401 g/mol. The van der Waals surface area contributed by atoms with Crippen LogP contribution in [0.5, 0.6) is 11.5 Å². The number of halogens is 3. The highest BCUT2D eigenvalue weighted by molar-refractivity contribution is 9.10. The summed E-state index contributed by atoms with van der Waals surface area (Å²) < 4.78 is 25.2. The number of hydrogen-bond donors (Lipinski definition) is 1. The molecule has 6 heteroatoms. The van der Waals surface area contributed by atoms with Crippen LogP contribution in [0.25, 0.3) is 0 Å². The van der Waals surface area contributed by atoms with Crippen molar-refractivity contribution in [1.82, 2.24) is 0 Å². The molecule has 2 rings (SSSR count). The van der Waals surface area contributed by atoms with Crippen molar-refractivity contribution in [1.29, 1.82) is 0 Å². The Morgan fingerprint density at radius 3 is 2.57 bits per heavy atom. The zero-order valence-corrected chi connectivity index (χ0v) is 15.5. The van der Waals surface area contributed by atoms with Gasteiger partial charge in [-0.05, 0) is 49.7 Å². The van der Waals surface area contributed by atoms with Crippen molar-refractivity contribution < 1.29 is 13.9 Å². The molecule has 3 nitrogen and oxygen atoms in total. The van der Waals surface area contributed by atoms with E-state index in [1.54, 1.807) is 19.2 Å². The summed E-state index contributed by atoms with van der Waals surface area (Å²) in [6.45, 7) is 4.45. The SMILES string of the molecule is COc1cc(CNc2ccc(F)c(Cl)c2)c(Br)cc1OC(C)C. The maximum Gasteiger partial charge on any atom is 0.162 e. The van der Waals surface area contributed by atoms with Crippen molar-refractivity contribution in [2.75, 3.05) is 12.4 Å². The van der Waals surface area contributed by atoms with Crippen LogP contribution in [0.15, 0.2) is 34.8 Å². The average Bonchev–Trinajstić information content (AvgIpc) is 2.49. The summed E-state index contributed by atoms with van der Waals surface area (Å²) in [6, 6.07) is 8.31. The van der Waals surface area contributed by atoms with Gasteiger partial charge in [-0.15, -0.1) is 0 Å². The minimum absolute atomic E-state index is 0.0566. The Kier molecular flexibility index (Phi) is 6.13. The third-order valence-corrected chi connectivity index (χ3v) is 4.13. The van der Waals surface area contributed by atoms with Gasteiger partial charge in [0.2, 0.25) is 0 Å². The van der Waals surface area contributed by atoms with E-state index in [-0.39, 0.29) is 11.1 Å². The fraction of sp³-hybridized carbons (Fsp3) is 0.294. The maximum atomic E-state index is 13.2. The Hall–Kier alpha value is -1.46. The number of anilines is 1. The van der Waals surface area contributed by atoms with Crippen LogP contribution in [0.3, 0.4) is 0 Å². The third-order valence-electron chi connectivity index (χ3n) is 3.10. The van der Waals surface area contributed by atoms with Crippen LogP contribution in [-0.4, -0.2) is 13.2 Å². The van der Waals surface area contributed by atoms with E-state index in [1.807, 2.05) is 26.0 Å². The molecule has 0 unspecified atom stereocenters. The second-order valence-electron chi connectivity index (χ2n) is 5.24. The first-order valence-corrected chi connectivity index (χ1v) is 8.29. The predicted octanol–water partition coefficient (Wildman–Crippen LogP) is 5.65. The van der Waals surface area contributed by atoms with E-state index < -0.39 is 5.82 Å². The van der Waals surface area contributed by atoms with Crippen LogP contribution < -0.4 is 14.8 Å². The molecular formula is C17H18BrClFNO2. The molecule has 0 saturated carbocycles. The summed E-state index contributed by atoms with van der Waals surface area (Å²) in [5.74, 6) is 0.911. The Balaban J connectivity index is 2.17. The van der Waals surface area contributed by atoms with Gasteiger partial charge in [-0.1, -0.05) is 27.5 Å². The first kappa shape index (κ1) is 17.9. The molecule has 0 radical (unpaired) electrons. The van der Waals surface area contributed by atoms with Gasteiger partial charge in [0.1, 0.15) is 5.82 Å². The molecule has 2 aromatic rings. The van der Waals surface area contributed by atoms with Crippen LogP contribution in [-0.2, 0) is 6.54 Å². The largest absolute Gasteiger partial charge is 0.493 e. The van der Waals surface area contributed by atoms with Crippen molar-refractivity contribution in [3.63, 3.8) is 0 Å². The minimum Gasteiger partial charge on any atom is -0.493 e. The number of nitrogens with one attached hydrogen (secondary N) is 1. The van der Waals surface area contributed by atoms with Gasteiger partial charge in [0.05, 0.1) is 18.2 Å². The molecule has 0 bridgehead atoms. The average molecular weight is 403 g/mol. The van der Waals surface area contributed by atoms with E-state index in [9.17, 15) is 4.39 Å². The topological polar surface area (TPSA) is 30.5 Å². The van der Waals surface area contributed by atoms with E-state index in [2.05, 4.69) is 21.2 Å². The molecule has 2 aromatic carbocycles. The zero-order chi connectivity index (χ0) is 17.0. The van der Waals surface area contributed by atoms with Crippen LogP contribution in [0.1, 0.15) is 19.4 Å². The lowest BCUT2D eigenvalue weighted by molar-refractivity contribution is 0.230. The Morgan fingerprint density at radius 1 is 1.22 bits per heavy atom. The number of hydrogen-bond acceptors (Lipinski definition) is 3. The van der Waals surface area contributed by atoms with Gasteiger partial charge in [-0.25, -0.2) is 4.39 Å². The first-order chi connectivity index (χ1) is 10.9. The van der Waals surface area contributed by atoms with Gasteiger partial charge in [0, 0.05) is 16.7 Å². The van der Waals surface area contributed by atoms with E-state index in [0.717, 1.165) is 15.7 Å². The minimum atomic E-state index is -0.435. The van der Waals surface area contributed by atoms with Crippen LogP contribution >= 0.6 is 27.5 Å². The third kappa shape index (κ3) is 4.75. The van der Waals surface area contributed by atoms with Crippen molar-refractivity contribution in [3.8, 4) is 11.5 Å². The molecule has 0 fully saturated rings. The molecule has 0 aromatic heterocycles. The molecular weight excluding hydrogens is 385 g/mol. The summed E-state index contributed by atoms with van der Waals surface area (Å²) in [5.41, 5.74) is 1.73. The number of methoxy groups -OCH3 is 1. The summed E-state index contributed by atoms with van der Waals surface area (Å²) >= 11 is 9.32. The molecule has 0 saturated heterocycles. The summed E-state index contributed by atoms with van der Waals surface area (Å²) in [7, 11) is 1.60. The van der Waals surface area contributed by atoms with Gasteiger partial charge >= 0.3 is 0 Å². The highest BCUT2D eigenvalue weighted by Gasteiger charge is 2.12. The van der Waals surface area contributed by atoms with Gasteiger partial charge in [0.25, 0.3) is 0 Å². The van der Waals surface area contributed by atoms with E-state index in [1.165, 1.54) is 6.07 Å². The summed E-state index contributed by atoms with van der Waals surface area (Å²) in [6.07, 6.45) is 0.0566. The fourth-order valence-corrected chi connectivity index (χ4v) is 2.66. The molecule has 0 spiro atoms. The fourth-order valence-electron chi connectivity index (χ4n) is 2.02. The lowest BCUT2D eigenvalue weighted by atomic mass is 10.2. The van der Waals surface area contributed by atoms with Crippen molar-refractivity contribution in [3.05, 3.63) is 51.2 Å². The lowest BCUT2D eigenvalue weighted by Gasteiger charge is -2.16. The van der Waals surface area contributed by atoms with E-state index >= 15 is 0 Å². The van der Waals surface area contributed by atoms with Crippen molar-refractivity contribution in [2.45, 2.75) is 26.5 Å². The number of benzene rings is 2. The Labute approximate surface area is 148 Å². The van der Waals surface area contributed by atoms with Crippen molar-refractivity contribution in [2.24, 2.45) is 0 Å². The Morgan fingerprint density at radius 2 is 1.96 bits per heavy atom. The molecule has 0 aliphatic carbocycles. The molecule has 1 N–H and O–H groups in total. The van der Waals surface area contributed by atoms with Gasteiger partial charge < -0.3 is 14.8 Å². The standard InChI is InChI=1S/C17H18BrClFNO2/c1-10(2)23-17-8-13(18)11(6-16(17)22-3)9-21-12-4-5-15(20)14(19)7-12/h4-8,10,21H,9H2,1-3H3. The second kappa shape index (κ2) is 7.88. The predicted molar refractivity (Wildman–Crippen MR) is 95.2 cm³/mol. The second-order valence-corrected chi connectivity index (χ2v) is 6.51.